The number of rotatable bonds is 3. The smallest absolute Gasteiger partial charge is 0.327 e. The van der Waals surface area contributed by atoms with Crippen LogP contribution in [0.25, 0.3) is 11.0 Å². The van der Waals surface area contributed by atoms with Gasteiger partial charge >= 0.3 is 5.69 Å². The largest absolute Gasteiger partial charge is 0.332 e. The minimum atomic E-state index is -0.425. The number of hydrogen-bond acceptors (Lipinski definition) is 3. The third-order valence-electron chi connectivity index (χ3n) is 2.98. The van der Waals surface area contributed by atoms with E-state index < -0.39 is 11.2 Å². The van der Waals surface area contributed by atoms with Crippen LogP contribution in [0.4, 0.5) is 0 Å². The maximum atomic E-state index is 12.0. The van der Waals surface area contributed by atoms with Gasteiger partial charge in [-0.05, 0) is 6.07 Å². The van der Waals surface area contributed by atoms with Crippen molar-refractivity contribution in [2.24, 2.45) is 14.1 Å². The topological polar surface area (TPSA) is 66.0 Å². The highest BCUT2D eigenvalue weighted by Crippen LogP contribution is 2.12. The Balaban J connectivity index is 3.10. The van der Waals surface area contributed by atoms with Crippen molar-refractivity contribution in [2.75, 3.05) is 0 Å². The standard InChI is InChI=1S/C12H13N3O3/c1-4-5-15-10-9(6-8(7-16)13(10)2)11(17)14(3)12(15)18/h4,6-7H,1,5H2,2-3H3. The molecule has 94 valence electrons. The van der Waals surface area contributed by atoms with Crippen LogP contribution in [0.2, 0.25) is 0 Å². The molecule has 0 aliphatic rings. The average Bonchev–Trinajstić information content (AvgIpc) is 2.69. The Morgan fingerprint density at radius 2 is 1.94 bits per heavy atom. The molecule has 0 aliphatic carbocycles. The Kier molecular flexibility index (Phi) is 2.78. The van der Waals surface area contributed by atoms with E-state index in [-0.39, 0.29) is 6.54 Å². The van der Waals surface area contributed by atoms with Gasteiger partial charge in [-0.2, -0.15) is 0 Å². The minimum absolute atomic E-state index is 0.277. The Labute approximate surface area is 102 Å². The molecule has 0 aliphatic heterocycles. The van der Waals surface area contributed by atoms with Crippen molar-refractivity contribution in [3.63, 3.8) is 0 Å². The van der Waals surface area contributed by atoms with Crippen LogP contribution in [0.1, 0.15) is 10.5 Å². The number of allylic oxidation sites excluding steroid dienone is 1. The number of aldehydes is 1. The highest BCUT2D eigenvalue weighted by Gasteiger charge is 2.15. The van der Waals surface area contributed by atoms with Crippen LogP contribution in [0.15, 0.2) is 28.3 Å². The van der Waals surface area contributed by atoms with E-state index in [0.717, 1.165) is 4.57 Å². The molecular weight excluding hydrogens is 234 g/mol. The molecule has 0 spiro atoms. The molecule has 2 rings (SSSR count). The van der Waals surface area contributed by atoms with Crippen molar-refractivity contribution >= 4 is 17.3 Å². The molecule has 0 amide bonds. The van der Waals surface area contributed by atoms with Crippen molar-refractivity contribution in [1.29, 1.82) is 0 Å². The van der Waals surface area contributed by atoms with E-state index in [9.17, 15) is 14.4 Å². The van der Waals surface area contributed by atoms with Crippen molar-refractivity contribution in [3.8, 4) is 0 Å². The second-order valence-corrected chi connectivity index (χ2v) is 4.03. The van der Waals surface area contributed by atoms with Gasteiger partial charge in [0.2, 0.25) is 0 Å². The van der Waals surface area contributed by atoms with Gasteiger partial charge in [0.1, 0.15) is 5.65 Å². The van der Waals surface area contributed by atoms with Gasteiger partial charge in [-0.25, -0.2) is 4.79 Å². The summed E-state index contributed by atoms with van der Waals surface area (Å²) >= 11 is 0. The Hall–Kier alpha value is -2.37. The highest BCUT2D eigenvalue weighted by atomic mass is 16.2. The number of fused-ring (bicyclic) bond motifs is 1. The van der Waals surface area contributed by atoms with E-state index in [0.29, 0.717) is 23.0 Å². The molecule has 0 radical (unpaired) electrons. The zero-order chi connectivity index (χ0) is 13.4. The second kappa shape index (κ2) is 4.14. The number of carbonyl (C=O) groups excluding carboxylic acids is 1. The van der Waals surface area contributed by atoms with Gasteiger partial charge in [0, 0.05) is 20.6 Å². The normalized spacial score (nSPS) is 10.8. The lowest BCUT2D eigenvalue weighted by molar-refractivity contribution is 0.111. The molecule has 0 aromatic carbocycles. The monoisotopic (exact) mass is 247 g/mol. The molecule has 0 fully saturated rings. The van der Waals surface area contributed by atoms with Gasteiger partial charge in [0.15, 0.2) is 6.29 Å². The van der Waals surface area contributed by atoms with E-state index in [2.05, 4.69) is 6.58 Å². The zero-order valence-electron chi connectivity index (χ0n) is 10.2. The Morgan fingerprint density at radius 1 is 1.28 bits per heavy atom. The molecule has 6 nitrogen and oxygen atoms in total. The van der Waals surface area contributed by atoms with Crippen LogP contribution in [0.3, 0.4) is 0 Å². The maximum Gasteiger partial charge on any atom is 0.332 e. The van der Waals surface area contributed by atoms with Crippen LogP contribution < -0.4 is 11.2 Å². The molecule has 2 heterocycles. The number of aryl methyl sites for hydroxylation is 1. The summed E-state index contributed by atoms with van der Waals surface area (Å²) in [5.41, 5.74) is -0.0410. The first-order chi connectivity index (χ1) is 8.52. The van der Waals surface area contributed by atoms with Gasteiger partial charge in [-0.15, -0.1) is 6.58 Å². The van der Waals surface area contributed by atoms with Gasteiger partial charge in [-0.3, -0.25) is 18.7 Å². The van der Waals surface area contributed by atoms with Crippen molar-refractivity contribution in [2.45, 2.75) is 6.54 Å². The quantitative estimate of drug-likeness (QED) is 0.568. The van der Waals surface area contributed by atoms with Crippen LogP contribution in [-0.4, -0.2) is 20.0 Å². The predicted octanol–water partition coefficient (Wildman–Crippen LogP) is 0.0372. The first-order valence-corrected chi connectivity index (χ1v) is 5.38. The van der Waals surface area contributed by atoms with E-state index in [1.54, 1.807) is 13.1 Å². The number of nitrogens with zero attached hydrogens (tertiary/aromatic N) is 3. The summed E-state index contributed by atoms with van der Waals surface area (Å²) in [7, 11) is 3.06. The van der Waals surface area contributed by atoms with Gasteiger partial charge < -0.3 is 4.57 Å². The molecule has 0 saturated carbocycles. The Bertz CT molecular complexity index is 761. The summed E-state index contributed by atoms with van der Waals surface area (Å²) in [6.45, 7) is 3.86. The molecule has 0 bridgehead atoms. The van der Waals surface area contributed by atoms with Crippen LogP contribution in [0, 0.1) is 0 Å². The van der Waals surface area contributed by atoms with E-state index in [1.807, 2.05) is 0 Å². The Morgan fingerprint density at radius 3 is 2.50 bits per heavy atom. The van der Waals surface area contributed by atoms with E-state index >= 15 is 0 Å². The van der Waals surface area contributed by atoms with Gasteiger partial charge in [0.05, 0.1) is 11.1 Å². The molecule has 0 saturated heterocycles. The van der Waals surface area contributed by atoms with Crippen LogP contribution in [0.5, 0.6) is 0 Å². The fraction of sp³-hybridized carbons (Fsp3) is 0.250. The van der Waals surface area contributed by atoms with Crippen LogP contribution in [-0.2, 0) is 20.6 Å². The first-order valence-electron chi connectivity index (χ1n) is 5.38. The highest BCUT2D eigenvalue weighted by molar-refractivity contribution is 5.86. The van der Waals surface area contributed by atoms with Crippen molar-refractivity contribution < 1.29 is 4.79 Å². The van der Waals surface area contributed by atoms with E-state index in [1.165, 1.54) is 22.2 Å². The maximum absolute atomic E-state index is 12.0. The first kappa shape index (κ1) is 12.1. The molecule has 2 aromatic heterocycles. The van der Waals surface area contributed by atoms with Crippen LogP contribution >= 0.6 is 0 Å². The summed E-state index contributed by atoms with van der Waals surface area (Å²) in [6, 6.07) is 1.49. The van der Waals surface area contributed by atoms with E-state index in [4.69, 9.17) is 0 Å². The third kappa shape index (κ3) is 1.46. The van der Waals surface area contributed by atoms with Gasteiger partial charge in [0.25, 0.3) is 5.56 Å². The fourth-order valence-corrected chi connectivity index (χ4v) is 2.04. The second-order valence-electron chi connectivity index (χ2n) is 4.03. The summed E-state index contributed by atoms with van der Waals surface area (Å²) in [6.07, 6.45) is 2.22. The molecule has 18 heavy (non-hydrogen) atoms. The lowest BCUT2D eigenvalue weighted by Gasteiger charge is -2.09. The van der Waals surface area contributed by atoms with Crippen molar-refractivity contribution in [1.82, 2.24) is 13.7 Å². The lowest BCUT2D eigenvalue weighted by Crippen LogP contribution is -2.38. The summed E-state index contributed by atoms with van der Waals surface area (Å²) in [5.74, 6) is 0. The predicted molar refractivity (Wildman–Crippen MR) is 68.0 cm³/mol. The number of hydrogen-bond donors (Lipinski definition) is 0. The zero-order valence-corrected chi connectivity index (χ0v) is 10.2. The number of aromatic nitrogens is 3. The molecular formula is C12H13N3O3. The third-order valence-corrected chi connectivity index (χ3v) is 2.98. The van der Waals surface area contributed by atoms with Crippen molar-refractivity contribution in [3.05, 3.63) is 45.3 Å². The lowest BCUT2D eigenvalue weighted by atomic mass is 10.3. The molecule has 2 aromatic rings. The molecule has 0 N–H and O–H groups in total. The molecule has 0 atom stereocenters. The van der Waals surface area contributed by atoms with Gasteiger partial charge in [-0.1, -0.05) is 6.08 Å². The minimum Gasteiger partial charge on any atom is -0.327 e. The summed E-state index contributed by atoms with van der Waals surface area (Å²) < 4.78 is 3.98. The number of carbonyl (C=O) groups is 1. The summed E-state index contributed by atoms with van der Waals surface area (Å²) in [5, 5.41) is 0.351. The average molecular weight is 247 g/mol. The summed E-state index contributed by atoms with van der Waals surface area (Å²) in [4.78, 5) is 34.9. The molecule has 0 unspecified atom stereocenters. The molecule has 6 heteroatoms. The SMILES string of the molecule is C=CCn1c(=O)n(C)c(=O)c2cc(C=O)n(C)c21. The fourth-order valence-electron chi connectivity index (χ4n) is 2.04.